The van der Waals surface area contributed by atoms with E-state index < -0.39 is 0 Å². The second-order valence-electron chi connectivity index (χ2n) is 5.17. The van der Waals surface area contributed by atoms with Gasteiger partial charge in [-0.05, 0) is 48.2 Å². The van der Waals surface area contributed by atoms with E-state index in [9.17, 15) is 4.79 Å². The second kappa shape index (κ2) is 6.50. The van der Waals surface area contributed by atoms with E-state index in [1.165, 1.54) is 0 Å². The first-order valence-electron chi connectivity index (χ1n) is 6.65. The first-order valence-corrected chi connectivity index (χ1v) is 7.41. The van der Waals surface area contributed by atoms with Crippen molar-refractivity contribution < 1.29 is 9.53 Å². The van der Waals surface area contributed by atoms with Gasteiger partial charge in [0.15, 0.2) is 12.0 Å². The molecule has 2 aromatic rings. The summed E-state index contributed by atoms with van der Waals surface area (Å²) in [5, 5.41) is 1.12. The number of carbonyl (C=O) groups is 1. The fraction of sp³-hybridized carbons (Fsp3) is 0.235. The molecule has 0 saturated carbocycles. The van der Waals surface area contributed by atoms with Crippen molar-refractivity contribution >= 4 is 29.5 Å². The molecule has 0 atom stereocenters. The molecule has 0 unspecified atom stereocenters. The molecule has 21 heavy (non-hydrogen) atoms. The molecule has 110 valence electrons. The minimum Gasteiger partial charge on any atom is -0.455 e. The number of rotatable bonds is 4. The minimum atomic E-state index is 0.275. The molecule has 0 aliphatic rings. The summed E-state index contributed by atoms with van der Waals surface area (Å²) in [6.07, 6.45) is 0.732. The average molecular weight is 323 g/mol. The Kier molecular flexibility index (Phi) is 4.92. The van der Waals surface area contributed by atoms with Crippen molar-refractivity contribution in [2.24, 2.45) is 0 Å². The molecule has 4 heteroatoms. The fourth-order valence-electron chi connectivity index (χ4n) is 2.06. The number of hydrogen-bond acceptors (Lipinski definition) is 2. The molecule has 0 fully saturated rings. The summed E-state index contributed by atoms with van der Waals surface area (Å²) in [6, 6.07) is 8.85. The summed E-state index contributed by atoms with van der Waals surface area (Å²) in [5.41, 5.74) is 2.31. The number of carbonyl (C=O) groups excluding carboxylic acids is 1. The van der Waals surface area contributed by atoms with E-state index in [2.05, 4.69) is 13.8 Å². The van der Waals surface area contributed by atoms with Gasteiger partial charge < -0.3 is 4.74 Å². The van der Waals surface area contributed by atoms with Crippen molar-refractivity contribution in [1.29, 1.82) is 0 Å². The van der Waals surface area contributed by atoms with Crippen molar-refractivity contribution in [1.82, 2.24) is 0 Å². The van der Waals surface area contributed by atoms with Crippen molar-refractivity contribution in [3.05, 3.63) is 57.1 Å². The van der Waals surface area contributed by atoms with Crippen LogP contribution in [0.2, 0.25) is 10.0 Å². The topological polar surface area (TPSA) is 26.3 Å². The smallest absolute Gasteiger partial charge is 0.156 e. The Balaban J connectivity index is 2.50. The Morgan fingerprint density at radius 2 is 1.86 bits per heavy atom. The molecule has 2 nitrogen and oxygen atoms in total. The highest BCUT2D eigenvalue weighted by molar-refractivity contribution is 6.32. The van der Waals surface area contributed by atoms with Gasteiger partial charge in [0.25, 0.3) is 0 Å². The van der Waals surface area contributed by atoms with Gasteiger partial charge >= 0.3 is 0 Å². The Hall–Kier alpha value is -1.51. The van der Waals surface area contributed by atoms with Gasteiger partial charge in [-0.1, -0.05) is 43.1 Å². The predicted octanol–water partition coefficient (Wildman–Crippen LogP) is 6.03. The number of halogens is 2. The molecule has 0 aliphatic carbocycles. The molecule has 0 amide bonds. The van der Waals surface area contributed by atoms with Crippen molar-refractivity contribution in [3.63, 3.8) is 0 Å². The third-order valence-corrected chi connectivity index (χ3v) is 3.88. The maximum absolute atomic E-state index is 11.1. The van der Waals surface area contributed by atoms with Crippen LogP contribution in [0.15, 0.2) is 30.3 Å². The van der Waals surface area contributed by atoms with E-state index in [4.69, 9.17) is 27.9 Å². The maximum atomic E-state index is 11.1. The molecule has 0 radical (unpaired) electrons. The third kappa shape index (κ3) is 3.39. The van der Waals surface area contributed by atoms with E-state index in [-0.39, 0.29) is 5.92 Å². The molecular weight excluding hydrogens is 307 g/mol. The molecule has 0 aromatic heterocycles. The number of aryl methyl sites for hydroxylation is 1. The standard InChI is InChI=1S/C17H16Cl2O2/c1-10(2)13-8-16(11(3)7-15(13)19)21-17-12(9-20)5-4-6-14(17)18/h4-10H,1-3H3. The van der Waals surface area contributed by atoms with Gasteiger partial charge in [-0.2, -0.15) is 0 Å². The van der Waals surface area contributed by atoms with Gasteiger partial charge in [0.05, 0.1) is 10.6 Å². The lowest BCUT2D eigenvalue weighted by molar-refractivity contribution is 0.112. The first-order chi connectivity index (χ1) is 9.93. The molecule has 0 heterocycles. The van der Waals surface area contributed by atoms with Crippen LogP contribution in [-0.2, 0) is 0 Å². The monoisotopic (exact) mass is 322 g/mol. The number of hydrogen-bond donors (Lipinski definition) is 0. The first kappa shape index (κ1) is 15.9. The van der Waals surface area contributed by atoms with Crippen LogP contribution in [0.3, 0.4) is 0 Å². The van der Waals surface area contributed by atoms with Gasteiger partial charge in [-0.15, -0.1) is 0 Å². The molecular formula is C17H16Cl2O2. The summed E-state index contributed by atoms with van der Waals surface area (Å²) in [4.78, 5) is 11.1. The van der Waals surface area contributed by atoms with Crippen molar-refractivity contribution in [3.8, 4) is 11.5 Å². The Morgan fingerprint density at radius 3 is 2.48 bits per heavy atom. The normalized spacial score (nSPS) is 10.8. The van der Waals surface area contributed by atoms with E-state index in [1.54, 1.807) is 18.2 Å². The van der Waals surface area contributed by atoms with E-state index in [0.29, 0.717) is 27.1 Å². The quantitative estimate of drug-likeness (QED) is 0.642. The molecule has 0 saturated heterocycles. The van der Waals surface area contributed by atoms with Crippen LogP contribution >= 0.6 is 23.2 Å². The Bertz CT molecular complexity index is 679. The van der Waals surface area contributed by atoms with E-state index in [1.807, 2.05) is 19.1 Å². The predicted molar refractivity (Wildman–Crippen MR) is 87.2 cm³/mol. The molecule has 2 rings (SSSR count). The zero-order valence-corrected chi connectivity index (χ0v) is 13.6. The molecule has 0 N–H and O–H groups in total. The lowest BCUT2D eigenvalue weighted by Crippen LogP contribution is -1.96. The largest absolute Gasteiger partial charge is 0.455 e. The van der Waals surface area contributed by atoms with Gasteiger partial charge in [-0.25, -0.2) is 0 Å². The van der Waals surface area contributed by atoms with Gasteiger partial charge in [0.1, 0.15) is 5.75 Å². The number of aldehydes is 1. The van der Waals surface area contributed by atoms with Crippen LogP contribution in [-0.4, -0.2) is 6.29 Å². The lowest BCUT2D eigenvalue weighted by atomic mass is 10.0. The minimum absolute atomic E-state index is 0.275. The summed E-state index contributed by atoms with van der Waals surface area (Å²) in [5.74, 6) is 1.30. The molecule has 2 aromatic carbocycles. The third-order valence-electron chi connectivity index (χ3n) is 3.25. The van der Waals surface area contributed by atoms with Crippen LogP contribution in [0.25, 0.3) is 0 Å². The summed E-state index contributed by atoms with van der Waals surface area (Å²) < 4.78 is 5.89. The van der Waals surface area contributed by atoms with Crippen molar-refractivity contribution in [2.45, 2.75) is 26.7 Å². The van der Waals surface area contributed by atoms with Gasteiger partial charge in [0, 0.05) is 5.02 Å². The summed E-state index contributed by atoms with van der Waals surface area (Å²) >= 11 is 12.4. The highest BCUT2D eigenvalue weighted by Gasteiger charge is 2.14. The van der Waals surface area contributed by atoms with Crippen LogP contribution in [0.1, 0.15) is 41.3 Å². The highest BCUT2D eigenvalue weighted by Crippen LogP contribution is 2.37. The maximum Gasteiger partial charge on any atom is 0.156 e. The zero-order chi connectivity index (χ0) is 15.6. The SMILES string of the molecule is Cc1cc(Cl)c(C(C)C)cc1Oc1c(Cl)cccc1C=O. The van der Waals surface area contributed by atoms with E-state index in [0.717, 1.165) is 17.4 Å². The lowest BCUT2D eigenvalue weighted by Gasteiger charge is -2.16. The Labute approximate surface area is 134 Å². The van der Waals surface area contributed by atoms with Crippen LogP contribution in [0.5, 0.6) is 11.5 Å². The van der Waals surface area contributed by atoms with Gasteiger partial charge in [0.2, 0.25) is 0 Å². The summed E-state index contributed by atoms with van der Waals surface area (Å²) in [7, 11) is 0. The number of ether oxygens (including phenoxy) is 1. The van der Waals surface area contributed by atoms with Crippen molar-refractivity contribution in [2.75, 3.05) is 0 Å². The van der Waals surface area contributed by atoms with E-state index >= 15 is 0 Å². The zero-order valence-electron chi connectivity index (χ0n) is 12.1. The second-order valence-corrected chi connectivity index (χ2v) is 5.99. The average Bonchev–Trinajstić information content (AvgIpc) is 2.43. The van der Waals surface area contributed by atoms with Crippen LogP contribution in [0, 0.1) is 6.92 Å². The fourth-order valence-corrected chi connectivity index (χ4v) is 2.71. The van der Waals surface area contributed by atoms with Crippen LogP contribution in [0.4, 0.5) is 0 Å². The van der Waals surface area contributed by atoms with Crippen LogP contribution < -0.4 is 4.74 Å². The summed E-state index contributed by atoms with van der Waals surface area (Å²) in [6.45, 7) is 6.03. The van der Waals surface area contributed by atoms with Gasteiger partial charge in [-0.3, -0.25) is 4.79 Å². The molecule has 0 spiro atoms. The highest BCUT2D eigenvalue weighted by atomic mass is 35.5. The molecule has 0 aliphatic heterocycles. The number of para-hydroxylation sites is 1. The molecule has 0 bridgehead atoms. The Morgan fingerprint density at radius 1 is 1.14 bits per heavy atom. The number of benzene rings is 2.